The molecular formula is C18H20N4O. The van der Waals surface area contributed by atoms with Gasteiger partial charge in [-0.1, -0.05) is 30.3 Å². The molecule has 1 aliphatic rings. The van der Waals surface area contributed by atoms with Gasteiger partial charge in [-0.2, -0.15) is 5.26 Å². The van der Waals surface area contributed by atoms with E-state index < -0.39 is 6.10 Å². The van der Waals surface area contributed by atoms with E-state index in [1.165, 1.54) is 0 Å². The van der Waals surface area contributed by atoms with Crippen LogP contribution < -0.4 is 4.90 Å². The van der Waals surface area contributed by atoms with Gasteiger partial charge in [0.1, 0.15) is 11.9 Å². The Morgan fingerprint density at radius 3 is 2.52 bits per heavy atom. The summed E-state index contributed by atoms with van der Waals surface area (Å²) >= 11 is 0. The molecule has 1 aromatic carbocycles. The monoisotopic (exact) mass is 308 g/mol. The van der Waals surface area contributed by atoms with Gasteiger partial charge in [-0.25, -0.2) is 4.98 Å². The van der Waals surface area contributed by atoms with Crippen LogP contribution in [0.3, 0.4) is 0 Å². The molecule has 0 spiro atoms. The zero-order valence-corrected chi connectivity index (χ0v) is 13.0. The highest BCUT2D eigenvalue weighted by Crippen LogP contribution is 2.19. The van der Waals surface area contributed by atoms with Gasteiger partial charge >= 0.3 is 0 Å². The molecular weight excluding hydrogens is 288 g/mol. The van der Waals surface area contributed by atoms with E-state index >= 15 is 0 Å². The van der Waals surface area contributed by atoms with E-state index in [0.717, 1.165) is 37.6 Å². The first-order chi connectivity index (χ1) is 11.3. The summed E-state index contributed by atoms with van der Waals surface area (Å²) in [5.41, 5.74) is 1.57. The number of nitriles is 1. The average Bonchev–Trinajstić information content (AvgIpc) is 2.63. The molecule has 2 heterocycles. The predicted molar refractivity (Wildman–Crippen MR) is 89.0 cm³/mol. The van der Waals surface area contributed by atoms with Gasteiger partial charge in [0.15, 0.2) is 0 Å². The number of benzene rings is 1. The summed E-state index contributed by atoms with van der Waals surface area (Å²) < 4.78 is 0. The normalized spacial score (nSPS) is 16.8. The first kappa shape index (κ1) is 15.5. The highest BCUT2D eigenvalue weighted by molar-refractivity contribution is 5.53. The van der Waals surface area contributed by atoms with Crippen molar-refractivity contribution >= 4 is 5.82 Å². The molecule has 1 aromatic heterocycles. The van der Waals surface area contributed by atoms with E-state index in [1.807, 2.05) is 30.3 Å². The SMILES string of the molecule is N#Cc1cccnc1N1CCN(C[C@H](O)c2ccccc2)CC1. The van der Waals surface area contributed by atoms with Crippen molar-refractivity contribution in [3.05, 3.63) is 59.8 Å². The van der Waals surface area contributed by atoms with E-state index in [0.29, 0.717) is 12.1 Å². The van der Waals surface area contributed by atoms with E-state index in [2.05, 4.69) is 20.9 Å². The summed E-state index contributed by atoms with van der Waals surface area (Å²) in [4.78, 5) is 8.74. The van der Waals surface area contributed by atoms with Gasteiger partial charge in [-0.3, -0.25) is 4.90 Å². The van der Waals surface area contributed by atoms with E-state index in [-0.39, 0.29) is 0 Å². The quantitative estimate of drug-likeness (QED) is 0.933. The summed E-state index contributed by atoms with van der Waals surface area (Å²) in [5.74, 6) is 0.762. The second-order valence-electron chi connectivity index (χ2n) is 5.70. The van der Waals surface area contributed by atoms with Crippen LogP contribution in [0.5, 0.6) is 0 Å². The van der Waals surface area contributed by atoms with Crippen molar-refractivity contribution in [2.24, 2.45) is 0 Å². The molecule has 118 valence electrons. The number of hydrogen-bond acceptors (Lipinski definition) is 5. The topological polar surface area (TPSA) is 63.4 Å². The van der Waals surface area contributed by atoms with E-state index in [4.69, 9.17) is 0 Å². The first-order valence-corrected chi connectivity index (χ1v) is 7.83. The van der Waals surface area contributed by atoms with Gasteiger partial charge in [0, 0.05) is 38.9 Å². The molecule has 0 aliphatic carbocycles. The molecule has 0 radical (unpaired) electrons. The van der Waals surface area contributed by atoms with Crippen molar-refractivity contribution in [2.45, 2.75) is 6.10 Å². The molecule has 1 atom stereocenters. The van der Waals surface area contributed by atoms with E-state index in [9.17, 15) is 10.4 Å². The second kappa shape index (κ2) is 7.23. The maximum atomic E-state index is 10.3. The molecule has 23 heavy (non-hydrogen) atoms. The lowest BCUT2D eigenvalue weighted by molar-refractivity contribution is 0.109. The average molecular weight is 308 g/mol. The number of hydrogen-bond donors (Lipinski definition) is 1. The third-order valence-electron chi connectivity index (χ3n) is 4.19. The molecule has 0 saturated carbocycles. The third-order valence-corrected chi connectivity index (χ3v) is 4.19. The van der Waals surface area contributed by atoms with Crippen molar-refractivity contribution in [3.63, 3.8) is 0 Å². The van der Waals surface area contributed by atoms with Crippen LogP contribution in [0, 0.1) is 11.3 Å². The molecule has 1 aliphatic heterocycles. The summed E-state index contributed by atoms with van der Waals surface area (Å²) in [6, 6.07) is 15.5. The lowest BCUT2D eigenvalue weighted by Crippen LogP contribution is -2.48. The number of piperazine rings is 1. The Morgan fingerprint density at radius 2 is 1.83 bits per heavy atom. The number of aliphatic hydroxyl groups is 1. The summed E-state index contributed by atoms with van der Waals surface area (Å²) in [6.45, 7) is 3.96. The lowest BCUT2D eigenvalue weighted by atomic mass is 10.1. The number of nitrogens with zero attached hydrogens (tertiary/aromatic N) is 4. The number of pyridine rings is 1. The van der Waals surface area contributed by atoms with Gasteiger partial charge < -0.3 is 10.0 Å². The van der Waals surface area contributed by atoms with Gasteiger partial charge in [0.2, 0.25) is 0 Å². The Labute approximate surface area is 136 Å². The highest BCUT2D eigenvalue weighted by atomic mass is 16.3. The zero-order valence-electron chi connectivity index (χ0n) is 13.0. The van der Waals surface area contributed by atoms with Crippen molar-refractivity contribution in [1.82, 2.24) is 9.88 Å². The standard InChI is InChI=1S/C18H20N4O/c19-13-16-7-4-8-20-18(16)22-11-9-21(10-12-22)14-17(23)15-5-2-1-3-6-15/h1-8,17,23H,9-12,14H2/t17-/m0/s1. The molecule has 2 aromatic rings. The fourth-order valence-corrected chi connectivity index (χ4v) is 2.90. The van der Waals surface area contributed by atoms with Crippen molar-refractivity contribution in [3.8, 4) is 6.07 Å². The third kappa shape index (κ3) is 3.67. The fourth-order valence-electron chi connectivity index (χ4n) is 2.90. The highest BCUT2D eigenvalue weighted by Gasteiger charge is 2.22. The van der Waals surface area contributed by atoms with Gasteiger partial charge in [0.25, 0.3) is 0 Å². The lowest BCUT2D eigenvalue weighted by Gasteiger charge is -2.36. The van der Waals surface area contributed by atoms with Crippen LogP contribution in [-0.2, 0) is 0 Å². The summed E-state index contributed by atoms with van der Waals surface area (Å²) in [5, 5.41) is 19.5. The number of anilines is 1. The Hall–Kier alpha value is -2.42. The summed E-state index contributed by atoms with van der Waals surface area (Å²) in [6.07, 6.45) is 1.26. The van der Waals surface area contributed by atoms with Crippen molar-refractivity contribution < 1.29 is 5.11 Å². The first-order valence-electron chi connectivity index (χ1n) is 7.83. The number of rotatable bonds is 4. The number of β-amino-alcohol motifs (C(OH)–C–C–N with tert-alkyl or cyclic N) is 1. The Kier molecular flexibility index (Phi) is 4.86. The van der Waals surface area contributed by atoms with Crippen LogP contribution in [-0.4, -0.2) is 47.7 Å². The molecule has 0 unspecified atom stereocenters. The van der Waals surface area contributed by atoms with Gasteiger partial charge in [0.05, 0.1) is 11.7 Å². The molecule has 0 bridgehead atoms. The van der Waals surface area contributed by atoms with Crippen LogP contribution in [0.15, 0.2) is 48.7 Å². The van der Waals surface area contributed by atoms with Gasteiger partial charge in [-0.15, -0.1) is 0 Å². The summed E-state index contributed by atoms with van der Waals surface area (Å²) in [7, 11) is 0. The molecule has 3 rings (SSSR count). The molecule has 1 N–H and O–H groups in total. The van der Waals surface area contributed by atoms with Crippen LogP contribution in [0.4, 0.5) is 5.82 Å². The van der Waals surface area contributed by atoms with E-state index in [1.54, 1.807) is 18.3 Å². The molecule has 0 amide bonds. The minimum Gasteiger partial charge on any atom is -0.387 e. The van der Waals surface area contributed by atoms with Crippen LogP contribution >= 0.6 is 0 Å². The van der Waals surface area contributed by atoms with Gasteiger partial charge in [-0.05, 0) is 17.7 Å². The van der Waals surface area contributed by atoms with Crippen LogP contribution in [0.2, 0.25) is 0 Å². The minimum atomic E-state index is -0.465. The maximum Gasteiger partial charge on any atom is 0.146 e. The molecule has 5 heteroatoms. The molecule has 1 saturated heterocycles. The molecule has 1 fully saturated rings. The van der Waals surface area contributed by atoms with Crippen LogP contribution in [0.25, 0.3) is 0 Å². The maximum absolute atomic E-state index is 10.3. The van der Waals surface area contributed by atoms with Crippen molar-refractivity contribution in [2.75, 3.05) is 37.6 Å². The Morgan fingerprint density at radius 1 is 1.09 bits per heavy atom. The number of aliphatic hydroxyl groups excluding tert-OH is 1. The Bertz CT molecular complexity index is 675. The van der Waals surface area contributed by atoms with Crippen LogP contribution in [0.1, 0.15) is 17.2 Å². The second-order valence-corrected chi connectivity index (χ2v) is 5.70. The Balaban J connectivity index is 1.58. The predicted octanol–water partition coefficient (Wildman–Crippen LogP) is 1.81. The largest absolute Gasteiger partial charge is 0.387 e. The fraction of sp³-hybridized carbons (Fsp3) is 0.333. The number of aromatic nitrogens is 1. The smallest absolute Gasteiger partial charge is 0.146 e. The zero-order chi connectivity index (χ0) is 16.1. The minimum absolute atomic E-state index is 0.465. The molecule has 5 nitrogen and oxygen atoms in total. The van der Waals surface area contributed by atoms with Crippen molar-refractivity contribution in [1.29, 1.82) is 5.26 Å².